The van der Waals surface area contributed by atoms with Crippen LogP contribution in [0, 0.1) is 23.5 Å². The van der Waals surface area contributed by atoms with Crippen molar-refractivity contribution in [3.05, 3.63) is 106 Å². The van der Waals surface area contributed by atoms with E-state index in [0.29, 0.717) is 55.9 Å². The van der Waals surface area contributed by atoms with Gasteiger partial charge in [-0.15, -0.1) is 0 Å². The summed E-state index contributed by atoms with van der Waals surface area (Å²) in [4.78, 5) is 16.1. The lowest BCUT2D eigenvalue weighted by atomic mass is 9.86. The van der Waals surface area contributed by atoms with Crippen LogP contribution in [0.25, 0.3) is 6.08 Å². The van der Waals surface area contributed by atoms with Gasteiger partial charge in [-0.05, 0) is 103 Å². The molecule has 1 saturated heterocycles. The Labute approximate surface area is 269 Å². The third kappa shape index (κ3) is 9.76. The molecule has 0 N–H and O–H groups in total. The van der Waals surface area contributed by atoms with Gasteiger partial charge in [-0.25, -0.2) is 8.78 Å². The van der Waals surface area contributed by atoms with Crippen molar-refractivity contribution in [1.29, 1.82) is 0 Å². The second kappa shape index (κ2) is 15.9. The van der Waals surface area contributed by atoms with E-state index >= 15 is 0 Å². The Morgan fingerprint density at radius 3 is 2.30 bits per heavy atom. The summed E-state index contributed by atoms with van der Waals surface area (Å²) in [5.41, 5.74) is 4.45. The van der Waals surface area contributed by atoms with Crippen LogP contribution in [0.4, 0.5) is 17.6 Å². The molecule has 2 aliphatic rings. The maximum atomic E-state index is 14.0. The van der Waals surface area contributed by atoms with E-state index in [0.717, 1.165) is 56.1 Å². The van der Waals surface area contributed by atoms with Crippen LogP contribution in [0.5, 0.6) is 5.75 Å². The number of ketones is 1. The lowest BCUT2D eigenvalue weighted by Crippen LogP contribution is -2.28. The molecule has 246 valence electrons. The van der Waals surface area contributed by atoms with Crippen LogP contribution in [0.1, 0.15) is 78.1 Å². The third-order valence-corrected chi connectivity index (χ3v) is 9.04. The van der Waals surface area contributed by atoms with Crippen LogP contribution in [0.15, 0.2) is 66.7 Å². The molecule has 46 heavy (non-hydrogen) atoms. The fraction of sp³-hybridized carbons (Fsp3) is 0.447. The summed E-state index contributed by atoms with van der Waals surface area (Å²) in [6.07, 6.45) is 5.84. The Kier molecular flexibility index (Phi) is 11.7. The number of hydrogen-bond donors (Lipinski definition) is 0. The van der Waals surface area contributed by atoms with Gasteiger partial charge in [0.1, 0.15) is 5.75 Å². The summed E-state index contributed by atoms with van der Waals surface area (Å²) in [7, 11) is 0. The van der Waals surface area contributed by atoms with Gasteiger partial charge >= 0.3 is 6.11 Å². The number of hydrogen-bond acceptors (Lipinski definition) is 4. The van der Waals surface area contributed by atoms with Gasteiger partial charge in [-0.2, -0.15) is 8.78 Å². The highest BCUT2D eigenvalue weighted by Crippen LogP contribution is 2.28. The summed E-state index contributed by atoms with van der Waals surface area (Å²) >= 11 is 0. The van der Waals surface area contributed by atoms with Gasteiger partial charge in [0.2, 0.25) is 0 Å². The Morgan fingerprint density at radius 1 is 0.848 bits per heavy atom. The van der Waals surface area contributed by atoms with E-state index < -0.39 is 24.2 Å². The summed E-state index contributed by atoms with van der Waals surface area (Å²) in [6.45, 7) is 4.77. The first-order chi connectivity index (χ1) is 22.2. The van der Waals surface area contributed by atoms with Crippen molar-refractivity contribution in [2.45, 2.75) is 70.9 Å². The predicted molar refractivity (Wildman–Crippen MR) is 172 cm³/mol. The first-order valence-corrected chi connectivity index (χ1v) is 16.4. The molecule has 1 fully saturated rings. The summed E-state index contributed by atoms with van der Waals surface area (Å²) in [5.74, 6) is -1.03. The molecule has 3 aromatic rings. The van der Waals surface area contributed by atoms with E-state index in [2.05, 4.69) is 23.1 Å². The molecule has 1 atom stereocenters. The second-order valence-electron chi connectivity index (χ2n) is 12.6. The summed E-state index contributed by atoms with van der Waals surface area (Å²) in [6, 6.07) is 16.8. The average Bonchev–Trinajstić information content (AvgIpc) is 3.04. The second-order valence-corrected chi connectivity index (χ2v) is 12.6. The third-order valence-electron chi connectivity index (χ3n) is 9.04. The Balaban J connectivity index is 1.37. The monoisotopic (exact) mass is 637 g/mol. The van der Waals surface area contributed by atoms with Crippen LogP contribution < -0.4 is 4.74 Å². The standard InChI is InChI=1S/C38H43F4NO3/c1-2-38(41,42)46-33-10-6-27(7-11-33)21-30-14-18-43(26-31-9-13-35(39)36(40)24-31)17-4-3-5-32-23-29(8-12-34(32)37(44)25-30)22-28-15-19-45-20-16-28/h3,5-13,23-24,28,30H,2,4,14-22,25-26H2,1H3/b5-3+. The van der Waals surface area contributed by atoms with Crippen molar-refractivity contribution in [2.75, 3.05) is 26.3 Å². The van der Waals surface area contributed by atoms with Gasteiger partial charge in [0, 0.05) is 44.7 Å². The molecule has 0 radical (unpaired) electrons. The molecule has 0 saturated carbocycles. The van der Waals surface area contributed by atoms with Crippen molar-refractivity contribution in [1.82, 2.24) is 4.90 Å². The van der Waals surface area contributed by atoms with Crippen LogP contribution in [-0.4, -0.2) is 43.1 Å². The van der Waals surface area contributed by atoms with Gasteiger partial charge in [-0.3, -0.25) is 9.69 Å². The van der Waals surface area contributed by atoms with Crippen LogP contribution >= 0.6 is 0 Å². The van der Waals surface area contributed by atoms with Gasteiger partial charge in [-0.1, -0.05) is 55.5 Å². The molecule has 2 heterocycles. The van der Waals surface area contributed by atoms with E-state index in [4.69, 9.17) is 9.47 Å². The molecular weight excluding hydrogens is 594 g/mol. The number of nitrogens with zero attached hydrogens (tertiary/aromatic N) is 1. The number of alkyl halides is 2. The topological polar surface area (TPSA) is 38.8 Å². The van der Waals surface area contributed by atoms with Gasteiger partial charge < -0.3 is 9.47 Å². The normalized spacial score (nSPS) is 19.6. The molecule has 0 amide bonds. The van der Waals surface area contributed by atoms with Crippen molar-refractivity contribution in [3.8, 4) is 5.75 Å². The van der Waals surface area contributed by atoms with Crippen molar-refractivity contribution in [2.24, 2.45) is 11.8 Å². The van der Waals surface area contributed by atoms with Crippen LogP contribution in [0.3, 0.4) is 0 Å². The lowest BCUT2D eigenvalue weighted by molar-refractivity contribution is -0.177. The highest BCUT2D eigenvalue weighted by molar-refractivity contribution is 5.99. The Hall–Kier alpha value is -3.49. The van der Waals surface area contributed by atoms with E-state index in [1.54, 1.807) is 30.3 Å². The van der Waals surface area contributed by atoms with E-state index in [-0.39, 0.29) is 17.5 Å². The van der Waals surface area contributed by atoms with Gasteiger partial charge in [0.15, 0.2) is 17.4 Å². The maximum absolute atomic E-state index is 14.0. The molecular formula is C38H43F4NO3. The van der Waals surface area contributed by atoms with Crippen molar-refractivity contribution >= 4 is 11.9 Å². The molecule has 0 spiro atoms. The maximum Gasteiger partial charge on any atom is 0.397 e. The van der Waals surface area contributed by atoms with Gasteiger partial charge in [0.05, 0.1) is 0 Å². The molecule has 5 rings (SSSR count). The summed E-state index contributed by atoms with van der Waals surface area (Å²) < 4.78 is 65.5. The van der Waals surface area contributed by atoms with Gasteiger partial charge in [0.25, 0.3) is 0 Å². The number of ether oxygens (including phenoxy) is 2. The number of Topliss-reactive ketones (excluding diaryl/α,β-unsaturated/α-hetero) is 1. The van der Waals surface area contributed by atoms with Crippen LogP contribution in [0.2, 0.25) is 0 Å². The van der Waals surface area contributed by atoms with Crippen LogP contribution in [-0.2, 0) is 24.1 Å². The first-order valence-electron chi connectivity index (χ1n) is 16.4. The first kappa shape index (κ1) is 33.9. The number of carbonyl (C=O) groups excluding carboxylic acids is 1. The number of benzene rings is 3. The zero-order valence-electron chi connectivity index (χ0n) is 26.5. The fourth-order valence-corrected chi connectivity index (χ4v) is 6.33. The lowest BCUT2D eigenvalue weighted by Gasteiger charge is -2.26. The quantitative estimate of drug-likeness (QED) is 0.220. The number of carbonyl (C=O) groups is 1. The minimum atomic E-state index is -3.23. The van der Waals surface area contributed by atoms with Crippen molar-refractivity contribution in [3.63, 3.8) is 0 Å². The molecule has 2 aliphatic heterocycles. The summed E-state index contributed by atoms with van der Waals surface area (Å²) in [5, 5.41) is 0. The SMILES string of the molecule is CCC(F)(F)Oc1ccc(CC2CCN(Cc3ccc(F)c(F)c3)CC/C=C/c3cc(CC4CCOCC4)ccc3C(=O)C2)cc1. The van der Waals surface area contributed by atoms with E-state index in [1.807, 2.05) is 12.1 Å². The largest absolute Gasteiger partial charge is 0.433 e. The number of fused-ring (bicyclic) bond motifs is 1. The molecule has 0 aliphatic carbocycles. The fourth-order valence-electron chi connectivity index (χ4n) is 6.33. The van der Waals surface area contributed by atoms with E-state index in [1.165, 1.54) is 18.6 Å². The number of halogens is 4. The minimum absolute atomic E-state index is 0.0259. The Bertz CT molecular complexity index is 1480. The van der Waals surface area contributed by atoms with Crippen molar-refractivity contribution < 1.29 is 31.8 Å². The molecule has 8 heteroatoms. The smallest absolute Gasteiger partial charge is 0.397 e. The minimum Gasteiger partial charge on any atom is -0.433 e. The van der Waals surface area contributed by atoms with E-state index in [9.17, 15) is 22.4 Å². The predicted octanol–water partition coefficient (Wildman–Crippen LogP) is 9.06. The molecule has 0 aromatic heterocycles. The molecule has 4 nitrogen and oxygen atoms in total. The average molecular weight is 638 g/mol. The highest BCUT2D eigenvalue weighted by Gasteiger charge is 2.28. The molecule has 1 unspecified atom stereocenters. The zero-order chi connectivity index (χ0) is 32.5. The Morgan fingerprint density at radius 2 is 1.57 bits per heavy atom. The molecule has 0 bridgehead atoms. The highest BCUT2D eigenvalue weighted by atomic mass is 19.3. The number of rotatable bonds is 9. The molecule has 3 aromatic carbocycles. The zero-order valence-corrected chi connectivity index (χ0v) is 26.5.